The maximum Gasteiger partial charge on any atom is 0.364 e. The van der Waals surface area contributed by atoms with Gasteiger partial charge in [-0.2, -0.15) is 0 Å². The van der Waals surface area contributed by atoms with Crippen molar-refractivity contribution in [3.63, 3.8) is 0 Å². The van der Waals surface area contributed by atoms with Crippen LogP contribution in [0.5, 0.6) is 0 Å². The lowest BCUT2D eigenvalue weighted by Crippen LogP contribution is -2.71. The van der Waals surface area contributed by atoms with Gasteiger partial charge in [-0.05, 0) is 6.92 Å². The molecule has 24 nitrogen and oxygen atoms in total. The van der Waals surface area contributed by atoms with E-state index in [0.29, 0.717) is 0 Å². The first-order chi connectivity index (χ1) is 25.4. The maximum absolute atomic E-state index is 12.8. The van der Waals surface area contributed by atoms with Crippen molar-refractivity contribution in [2.24, 2.45) is 0 Å². The van der Waals surface area contributed by atoms with Gasteiger partial charge in [0.2, 0.25) is 5.91 Å². The van der Waals surface area contributed by atoms with Crippen molar-refractivity contribution in [3.05, 3.63) is 0 Å². The number of amides is 1. The third-order valence-corrected chi connectivity index (χ3v) is 9.75. The van der Waals surface area contributed by atoms with Gasteiger partial charge in [0.25, 0.3) is 5.79 Å². The minimum Gasteiger partial charge on any atom is -0.477 e. The van der Waals surface area contributed by atoms with E-state index in [2.05, 4.69) is 5.32 Å². The van der Waals surface area contributed by atoms with Crippen LogP contribution < -0.4 is 5.32 Å². The normalized spacial score (nSPS) is 47.1. The molecule has 0 saturated carbocycles. The summed E-state index contributed by atoms with van der Waals surface area (Å²) in [4.78, 5) is 24.7. The Bertz CT molecular complexity index is 1240. The van der Waals surface area contributed by atoms with Crippen molar-refractivity contribution in [2.75, 3.05) is 26.9 Å². The summed E-state index contributed by atoms with van der Waals surface area (Å²) in [6.45, 7) is -0.603. The number of aliphatic carboxylic acids is 1. The van der Waals surface area contributed by atoms with Crippen LogP contribution in [0.15, 0.2) is 0 Å². The Balaban J connectivity index is 1.67. The molecule has 0 aliphatic carbocycles. The topological polar surface area (TPSA) is 383 Å². The summed E-state index contributed by atoms with van der Waals surface area (Å²) >= 11 is 0. The second-order valence-electron chi connectivity index (χ2n) is 13.5. The number of methoxy groups -OCH3 is 1. The molecule has 0 aromatic heterocycles. The van der Waals surface area contributed by atoms with Crippen LogP contribution in [0.1, 0.15) is 20.3 Å². The number of carbonyl (C=O) groups is 2. The van der Waals surface area contributed by atoms with E-state index >= 15 is 0 Å². The summed E-state index contributed by atoms with van der Waals surface area (Å²) in [5, 5.41) is 139. The van der Waals surface area contributed by atoms with Crippen LogP contribution in [0, 0.1) is 0 Å². The number of ether oxygens (including phenoxy) is 8. The SMILES string of the molecule is CO[C@@H]1O[C@H](CO)[C@@H](O[C@@H]2O[C@H](CO)[C@H](O)[C@H](O[C@]3(C(=O)O)C[C@H](O)[C@@H](NC(C)=O)[C@H]([C@H](O)[C@H](O)CO)O3)[C@H]2O)[C@H](O[C@@H]2O[C@@H](C)[C@@H](O)[C@@H](O)[C@@H]2O)[C@H]1O. The quantitative estimate of drug-likeness (QED) is 0.0776. The fourth-order valence-electron chi connectivity index (χ4n) is 6.76. The molecule has 314 valence electrons. The van der Waals surface area contributed by atoms with Gasteiger partial charge in [-0.25, -0.2) is 4.79 Å². The average molecular weight is 794 g/mol. The molecule has 4 heterocycles. The molecule has 4 saturated heterocycles. The van der Waals surface area contributed by atoms with E-state index in [4.69, 9.17) is 37.9 Å². The van der Waals surface area contributed by atoms with Crippen LogP contribution in [0.25, 0.3) is 0 Å². The number of nitrogens with one attached hydrogen (secondary N) is 1. The number of carboxylic acids is 1. The summed E-state index contributed by atoms with van der Waals surface area (Å²) in [7, 11) is 1.13. The highest BCUT2D eigenvalue weighted by Gasteiger charge is 2.60. The number of hydrogen-bond donors (Lipinski definition) is 14. The van der Waals surface area contributed by atoms with E-state index in [1.807, 2.05) is 0 Å². The Morgan fingerprint density at radius 3 is 1.91 bits per heavy atom. The molecule has 4 aliphatic rings. The molecule has 14 N–H and O–H groups in total. The Hall–Kier alpha value is -1.86. The standard InChI is InChI=1S/C30H51NO23/c1-8-15(38)18(41)19(42)27(48-8)52-25-21(44)26(47-3)50-13(7-34)22(25)51-28-20(43)24(17(40)12(6-33)49-28)54-30(29(45)46)4-10(36)14(31-9(2)35)23(53-30)16(39)11(37)5-32/h8,10-28,32-34,36-44H,4-7H2,1-3H3,(H,31,35)(H,45,46)/t8-,10-,11+,12+,13+,14+,15+,16+,17-,18+,19-,20+,21+,22+,23+,24-,25+,26+,27-,28-,30-/m0/s1. The average Bonchev–Trinajstić information content (AvgIpc) is 3.13. The Kier molecular flexibility index (Phi) is 15.4. The van der Waals surface area contributed by atoms with Gasteiger partial charge in [0.15, 0.2) is 18.9 Å². The van der Waals surface area contributed by atoms with Crippen LogP contribution in [-0.4, -0.2) is 234 Å². The van der Waals surface area contributed by atoms with Crippen LogP contribution in [-0.2, 0) is 47.5 Å². The molecular formula is C30H51NO23. The first-order valence-electron chi connectivity index (χ1n) is 17.0. The number of aliphatic hydroxyl groups excluding tert-OH is 12. The maximum atomic E-state index is 12.8. The number of aliphatic hydroxyl groups is 12. The molecule has 0 aromatic carbocycles. The van der Waals surface area contributed by atoms with Gasteiger partial charge in [0, 0.05) is 20.5 Å². The highest BCUT2D eigenvalue weighted by molar-refractivity contribution is 5.76. The van der Waals surface area contributed by atoms with Crippen molar-refractivity contribution >= 4 is 11.9 Å². The van der Waals surface area contributed by atoms with Crippen molar-refractivity contribution in [1.29, 1.82) is 0 Å². The van der Waals surface area contributed by atoms with E-state index in [0.717, 1.165) is 14.0 Å². The van der Waals surface area contributed by atoms with E-state index in [1.54, 1.807) is 0 Å². The third kappa shape index (κ3) is 9.13. The second kappa shape index (κ2) is 18.6. The van der Waals surface area contributed by atoms with Gasteiger partial charge in [-0.1, -0.05) is 0 Å². The van der Waals surface area contributed by atoms with Gasteiger partial charge >= 0.3 is 5.97 Å². The minimum absolute atomic E-state index is 0.770. The lowest BCUT2D eigenvalue weighted by molar-refractivity contribution is -0.397. The molecule has 24 heteroatoms. The zero-order valence-electron chi connectivity index (χ0n) is 29.3. The molecule has 0 unspecified atom stereocenters. The highest BCUT2D eigenvalue weighted by Crippen LogP contribution is 2.39. The van der Waals surface area contributed by atoms with Crippen LogP contribution in [0.4, 0.5) is 0 Å². The Morgan fingerprint density at radius 1 is 0.778 bits per heavy atom. The fraction of sp³-hybridized carbons (Fsp3) is 0.933. The van der Waals surface area contributed by atoms with Crippen molar-refractivity contribution in [1.82, 2.24) is 5.32 Å². The first kappa shape index (κ1) is 44.8. The number of carboxylic acid groups (broad SMARTS) is 1. The number of carbonyl (C=O) groups excluding carboxylic acids is 1. The first-order valence-corrected chi connectivity index (χ1v) is 17.0. The van der Waals surface area contributed by atoms with Crippen molar-refractivity contribution < 1.29 is 114 Å². The molecule has 21 atom stereocenters. The van der Waals surface area contributed by atoms with Crippen LogP contribution in [0.2, 0.25) is 0 Å². The molecule has 54 heavy (non-hydrogen) atoms. The van der Waals surface area contributed by atoms with Crippen molar-refractivity contribution in [3.8, 4) is 0 Å². The van der Waals surface area contributed by atoms with E-state index in [1.165, 1.54) is 6.92 Å². The largest absolute Gasteiger partial charge is 0.477 e. The summed E-state index contributed by atoms with van der Waals surface area (Å²) < 4.78 is 44.7. The Morgan fingerprint density at radius 2 is 1.35 bits per heavy atom. The van der Waals surface area contributed by atoms with Gasteiger partial charge in [0.05, 0.1) is 38.1 Å². The molecule has 0 radical (unpaired) electrons. The van der Waals surface area contributed by atoms with E-state index in [9.17, 15) is 76.0 Å². The van der Waals surface area contributed by atoms with Gasteiger partial charge in [0.1, 0.15) is 85.5 Å². The van der Waals surface area contributed by atoms with Gasteiger partial charge in [-0.15, -0.1) is 0 Å². The molecule has 4 fully saturated rings. The lowest BCUT2D eigenvalue weighted by Gasteiger charge is -2.51. The molecule has 0 spiro atoms. The van der Waals surface area contributed by atoms with E-state index < -0.39 is 166 Å². The van der Waals surface area contributed by atoms with E-state index in [-0.39, 0.29) is 0 Å². The summed E-state index contributed by atoms with van der Waals surface area (Å²) in [5.41, 5.74) is 0. The zero-order chi connectivity index (χ0) is 40.4. The predicted octanol–water partition coefficient (Wildman–Crippen LogP) is -8.72. The lowest BCUT2D eigenvalue weighted by atomic mass is 9.88. The highest BCUT2D eigenvalue weighted by atomic mass is 16.8. The summed E-state index contributed by atoms with van der Waals surface area (Å²) in [6.07, 6.45) is -35.8. The van der Waals surface area contributed by atoms with Gasteiger partial charge in [-0.3, -0.25) is 4.79 Å². The molecular weight excluding hydrogens is 742 g/mol. The van der Waals surface area contributed by atoms with Crippen LogP contribution in [0.3, 0.4) is 0 Å². The molecule has 1 amide bonds. The second-order valence-corrected chi connectivity index (χ2v) is 13.5. The zero-order valence-corrected chi connectivity index (χ0v) is 29.3. The fourth-order valence-corrected chi connectivity index (χ4v) is 6.76. The molecule has 0 bridgehead atoms. The predicted molar refractivity (Wildman–Crippen MR) is 166 cm³/mol. The smallest absolute Gasteiger partial charge is 0.364 e. The monoisotopic (exact) mass is 793 g/mol. The molecule has 4 aliphatic heterocycles. The summed E-state index contributed by atoms with van der Waals surface area (Å²) in [5.74, 6) is -5.86. The minimum atomic E-state index is -3.09. The number of rotatable bonds is 14. The van der Waals surface area contributed by atoms with Gasteiger partial charge < -0.3 is 110 Å². The van der Waals surface area contributed by atoms with Crippen molar-refractivity contribution in [2.45, 2.75) is 149 Å². The summed E-state index contributed by atoms with van der Waals surface area (Å²) in [6, 6.07) is -1.58. The molecule has 0 aromatic rings. The third-order valence-electron chi connectivity index (χ3n) is 9.75. The Labute approximate surface area is 306 Å². The molecule has 4 rings (SSSR count). The van der Waals surface area contributed by atoms with Crippen LogP contribution >= 0.6 is 0 Å². The number of hydrogen-bond acceptors (Lipinski definition) is 22.